The lowest BCUT2D eigenvalue weighted by Gasteiger charge is -2.31. The van der Waals surface area contributed by atoms with Gasteiger partial charge in [0, 0.05) is 45.6 Å². The molecule has 1 N–H and O–H groups in total. The van der Waals surface area contributed by atoms with E-state index in [2.05, 4.69) is 5.10 Å². The van der Waals surface area contributed by atoms with Gasteiger partial charge in [-0.15, -0.1) is 0 Å². The summed E-state index contributed by atoms with van der Waals surface area (Å²) < 4.78 is 1.73. The van der Waals surface area contributed by atoms with Crippen molar-refractivity contribution in [1.82, 2.24) is 14.7 Å². The number of aromatic nitrogens is 2. The zero-order valence-electron chi connectivity index (χ0n) is 11.8. The lowest BCUT2D eigenvalue weighted by Crippen LogP contribution is -2.39. The maximum Gasteiger partial charge on any atom is 0.303 e. The first kappa shape index (κ1) is 14.6. The molecule has 0 atom stereocenters. The summed E-state index contributed by atoms with van der Waals surface area (Å²) in [5.41, 5.74) is 0.932. The first-order valence-corrected chi connectivity index (χ1v) is 7.02. The van der Waals surface area contributed by atoms with Gasteiger partial charge in [-0.1, -0.05) is 0 Å². The molecular weight excluding hydrogens is 258 g/mol. The molecule has 1 aromatic heterocycles. The highest BCUT2D eigenvalue weighted by Crippen LogP contribution is 2.21. The molecule has 2 heterocycles. The van der Waals surface area contributed by atoms with Gasteiger partial charge in [-0.25, -0.2) is 0 Å². The predicted octanol–water partition coefficient (Wildman–Crippen LogP) is 1.07. The number of likely N-dealkylation sites (tertiary alicyclic amines) is 1. The minimum absolute atomic E-state index is 0.143. The van der Waals surface area contributed by atoms with Crippen LogP contribution in [-0.4, -0.2) is 44.8 Å². The van der Waals surface area contributed by atoms with E-state index in [1.54, 1.807) is 4.68 Å². The van der Waals surface area contributed by atoms with Crippen LogP contribution in [0.4, 0.5) is 0 Å². The summed E-state index contributed by atoms with van der Waals surface area (Å²) in [4.78, 5) is 24.6. The van der Waals surface area contributed by atoms with Gasteiger partial charge in [-0.3, -0.25) is 14.3 Å². The molecule has 1 saturated heterocycles. The summed E-state index contributed by atoms with van der Waals surface area (Å²) in [6, 6.07) is 1.92. The van der Waals surface area contributed by atoms with Gasteiger partial charge in [-0.2, -0.15) is 5.10 Å². The SMILES string of the molecule is Cn1ccc(CCC(=O)N2CCC(CC(=O)O)CC2)n1. The summed E-state index contributed by atoms with van der Waals surface area (Å²) in [6.45, 7) is 1.36. The molecule has 1 aromatic rings. The molecule has 20 heavy (non-hydrogen) atoms. The average molecular weight is 279 g/mol. The van der Waals surface area contributed by atoms with Gasteiger partial charge in [-0.05, 0) is 24.8 Å². The highest BCUT2D eigenvalue weighted by Gasteiger charge is 2.24. The molecule has 0 aromatic carbocycles. The quantitative estimate of drug-likeness (QED) is 0.874. The van der Waals surface area contributed by atoms with E-state index in [9.17, 15) is 9.59 Å². The van der Waals surface area contributed by atoms with Gasteiger partial charge in [0.2, 0.25) is 5.91 Å². The molecule has 0 spiro atoms. The largest absolute Gasteiger partial charge is 0.481 e. The third-order valence-corrected chi connectivity index (χ3v) is 3.79. The number of aryl methyl sites for hydroxylation is 2. The molecule has 1 amide bonds. The van der Waals surface area contributed by atoms with Crippen molar-refractivity contribution in [1.29, 1.82) is 0 Å². The van der Waals surface area contributed by atoms with Crippen LogP contribution in [0.1, 0.15) is 31.4 Å². The van der Waals surface area contributed by atoms with Crippen LogP contribution in [0.5, 0.6) is 0 Å². The van der Waals surface area contributed by atoms with Crippen molar-refractivity contribution in [3.63, 3.8) is 0 Å². The molecule has 0 bridgehead atoms. The average Bonchev–Trinajstić information content (AvgIpc) is 2.82. The third-order valence-electron chi connectivity index (χ3n) is 3.79. The van der Waals surface area contributed by atoms with Gasteiger partial charge in [0.1, 0.15) is 0 Å². The van der Waals surface area contributed by atoms with Crippen LogP contribution >= 0.6 is 0 Å². The predicted molar refractivity (Wildman–Crippen MR) is 73.1 cm³/mol. The number of hydrogen-bond acceptors (Lipinski definition) is 3. The standard InChI is InChI=1S/C14H21N3O3/c1-16-7-6-12(15-16)2-3-13(18)17-8-4-11(5-9-17)10-14(19)20/h6-7,11H,2-5,8-10H2,1H3,(H,19,20). The Morgan fingerprint density at radius 3 is 2.65 bits per heavy atom. The zero-order valence-corrected chi connectivity index (χ0v) is 11.8. The van der Waals surface area contributed by atoms with E-state index in [0.29, 0.717) is 25.9 Å². The number of carbonyl (C=O) groups excluding carboxylic acids is 1. The van der Waals surface area contributed by atoms with E-state index >= 15 is 0 Å². The smallest absolute Gasteiger partial charge is 0.303 e. The minimum Gasteiger partial charge on any atom is -0.481 e. The Balaban J connectivity index is 1.73. The molecule has 110 valence electrons. The summed E-state index contributed by atoms with van der Waals surface area (Å²) in [6.07, 6.45) is 4.81. The Morgan fingerprint density at radius 1 is 1.40 bits per heavy atom. The second kappa shape index (κ2) is 6.54. The van der Waals surface area contributed by atoms with E-state index in [0.717, 1.165) is 18.5 Å². The first-order valence-electron chi connectivity index (χ1n) is 7.02. The van der Waals surface area contributed by atoms with Crippen LogP contribution in [0.25, 0.3) is 0 Å². The maximum absolute atomic E-state index is 12.1. The number of rotatable bonds is 5. The minimum atomic E-state index is -0.745. The number of nitrogens with zero attached hydrogens (tertiary/aromatic N) is 3. The molecule has 1 fully saturated rings. The Kier molecular flexibility index (Phi) is 4.76. The molecule has 2 rings (SSSR count). The highest BCUT2D eigenvalue weighted by atomic mass is 16.4. The van der Waals surface area contributed by atoms with Crippen LogP contribution < -0.4 is 0 Å². The highest BCUT2D eigenvalue weighted by molar-refractivity contribution is 5.76. The van der Waals surface area contributed by atoms with Crippen LogP contribution in [0, 0.1) is 5.92 Å². The van der Waals surface area contributed by atoms with Gasteiger partial charge >= 0.3 is 5.97 Å². The summed E-state index contributed by atoms with van der Waals surface area (Å²) in [5, 5.41) is 13.0. The second-order valence-electron chi connectivity index (χ2n) is 5.40. The number of amides is 1. The monoisotopic (exact) mass is 279 g/mol. The lowest BCUT2D eigenvalue weighted by molar-refractivity contribution is -0.138. The number of hydrogen-bond donors (Lipinski definition) is 1. The number of carboxylic acid groups (broad SMARTS) is 1. The number of piperidine rings is 1. The van der Waals surface area contributed by atoms with E-state index in [4.69, 9.17) is 5.11 Å². The summed E-state index contributed by atoms with van der Waals surface area (Å²) in [7, 11) is 1.86. The topological polar surface area (TPSA) is 75.4 Å². The number of aliphatic carboxylic acids is 1. The Bertz CT molecular complexity index is 476. The number of carboxylic acids is 1. The maximum atomic E-state index is 12.1. The van der Waals surface area contributed by atoms with Crippen LogP contribution in [0.15, 0.2) is 12.3 Å². The summed E-state index contributed by atoms with van der Waals surface area (Å²) in [5.74, 6) is -0.387. The zero-order chi connectivity index (χ0) is 14.5. The number of carbonyl (C=O) groups is 2. The summed E-state index contributed by atoms with van der Waals surface area (Å²) >= 11 is 0. The van der Waals surface area contributed by atoms with E-state index in [1.807, 2.05) is 24.2 Å². The van der Waals surface area contributed by atoms with Gasteiger partial charge in [0.25, 0.3) is 0 Å². The van der Waals surface area contributed by atoms with Gasteiger partial charge in [0.15, 0.2) is 0 Å². The van der Waals surface area contributed by atoms with Gasteiger partial charge in [0.05, 0.1) is 5.69 Å². The van der Waals surface area contributed by atoms with Crippen molar-refractivity contribution >= 4 is 11.9 Å². The van der Waals surface area contributed by atoms with Crippen molar-refractivity contribution < 1.29 is 14.7 Å². The van der Waals surface area contributed by atoms with E-state index < -0.39 is 5.97 Å². The van der Waals surface area contributed by atoms with E-state index in [1.165, 1.54) is 0 Å². The van der Waals surface area contributed by atoms with E-state index in [-0.39, 0.29) is 18.2 Å². The first-order chi connectivity index (χ1) is 9.54. The van der Waals surface area contributed by atoms with Crippen LogP contribution in [-0.2, 0) is 23.1 Å². The Labute approximate surface area is 118 Å². The molecule has 0 aliphatic carbocycles. The molecule has 1 aliphatic heterocycles. The fourth-order valence-corrected chi connectivity index (χ4v) is 2.62. The molecule has 0 unspecified atom stereocenters. The Morgan fingerprint density at radius 2 is 2.10 bits per heavy atom. The Hall–Kier alpha value is -1.85. The molecule has 1 aliphatic rings. The molecule has 6 nitrogen and oxygen atoms in total. The van der Waals surface area contributed by atoms with Crippen molar-refractivity contribution in [3.8, 4) is 0 Å². The molecular formula is C14H21N3O3. The van der Waals surface area contributed by atoms with Crippen molar-refractivity contribution in [2.24, 2.45) is 13.0 Å². The molecule has 0 radical (unpaired) electrons. The molecule has 6 heteroatoms. The fourth-order valence-electron chi connectivity index (χ4n) is 2.62. The van der Waals surface area contributed by atoms with Crippen molar-refractivity contribution in [2.75, 3.05) is 13.1 Å². The lowest BCUT2D eigenvalue weighted by atomic mass is 9.93. The van der Waals surface area contributed by atoms with Crippen LogP contribution in [0.2, 0.25) is 0 Å². The molecule has 0 saturated carbocycles. The second-order valence-corrected chi connectivity index (χ2v) is 5.40. The van der Waals surface area contributed by atoms with Crippen LogP contribution in [0.3, 0.4) is 0 Å². The van der Waals surface area contributed by atoms with Gasteiger partial charge < -0.3 is 10.0 Å². The van der Waals surface area contributed by atoms with Crippen molar-refractivity contribution in [3.05, 3.63) is 18.0 Å². The normalized spacial score (nSPS) is 16.4. The fraction of sp³-hybridized carbons (Fsp3) is 0.643. The van der Waals surface area contributed by atoms with Crippen molar-refractivity contribution in [2.45, 2.75) is 32.1 Å². The third kappa shape index (κ3) is 4.08.